The van der Waals surface area contributed by atoms with Crippen LogP contribution in [0.1, 0.15) is 82.3 Å². The maximum atomic E-state index is 6.64. The van der Waals surface area contributed by atoms with Gasteiger partial charge in [-0.3, -0.25) is 5.73 Å². The quantitative estimate of drug-likeness (QED) is 0.290. The maximum absolute atomic E-state index is 6.64. The van der Waals surface area contributed by atoms with E-state index in [1.807, 2.05) is 0 Å². The van der Waals surface area contributed by atoms with Gasteiger partial charge in [-0.1, -0.05) is 107 Å². The minimum atomic E-state index is 0. The standard InChI is InChI=1S/C27H39N3.BrH/c1-3-4-5-6-7-8-9-10-11-14-21-29-25-15-12-13-16-26(25)30(27(29)28)22-24-19-17-23(2)18-20-24;/h12-13,15-20,28H,3-11,14,21-22H2,1-2H3;1H. The van der Waals surface area contributed by atoms with Crippen LogP contribution in [0.3, 0.4) is 0 Å². The molecular formula is C27H40BrN3. The molecule has 0 spiro atoms. The van der Waals surface area contributed by atoms with Crippen LogP contribution < -0.4 is 27.3 Å². The van der Waals surface area contributed by atoms with Gasteiger partial charge in [0.15, 0.2) is 0 Å². The van der Waals surface area contributed by atoms with E-state index >= 15 is 0 Å². The average Bonchev–Trinajstić information content (AvgIpc) is 3.02. The second-order valence-corrected chi connectivity index (χ2v) is 8.75. The smallest absolute Gasteiger partial charge is 0.356 e. The summed E-state index contributed by atoms with van der Waals surface area (Å²) in [4.78, 5) is 0. The second-order valence-electron chi connectivity index (χ2n) is 8.75. The maximum Gasteiger partial charge on any atom is 0.356 e. The Morgan fingerprint density at radius 1 is 0.774 bits per heavy atom. The number of aryl methyl sites for hydroxylation is 2. The molecule has 2 N–H and O–H groups in total. The predicted octanol–water partition coefficient (Wildman–Crippen LogP) is 3.79. The van der Waals surface area contributed by atoms with Gasteiger partial charge in [0.05, 0.1) is 13.1 Å². The first-order valence-electron chi connectivity index (χ1n) is 12.0. The lowest BCUT2D eigenvalue weighted by Gasteiger charge is -2.04. The summed E-state index contributed by atoms with van der Waals surface area (Å²) in [5, 5.41) is 0. The SMILES string of the molecule is CCCCCCCCCCCCn1c(N)[n+](Cc2ccc(C)cc2)c2ccccc21.[Br-]. The largest absolute Gasteiger partial charge is 1.00 e. The van der Waals surface area contributed by atoms with Crippen LogP contribution in [0.25, 0.3) is 11.0 Å². The molecule has 0 aliphatic heterocycles. The van der Waals surface area contributed by atoms with E-state index in [1.54, 1.807) is 0 Å². The van der Waals surface area contributed by atoms with Crippen molar-refractivity contribution in [3.63, 3.8) is 0 Å². The third-order valence-corrected chi connectivity index (χ3v) is 6.21. The molecule has 0 radical (unpaired) electrons. The van der Waals surface area contributed by atoms with Crippen LogP contribution in [-0.2, 0) is 13.1 Å². The van der Waals surface area contributed by atoms with E-state index in [2.05, 4.69) is 71.5 Å². The molecule has 3 nitrogen and oxygen atoms in total. The fourth-order valence-corrected chi connectivity index (χ4v) is 4.35. The molecule has 3 aromatic rings. The minimum absolute atomic E-state index is 0. The van der Waals surface area contributed by atoms with Crippen molar-refractivity contribution in [2.45, 2.75) is 91.1 Å². The van der Waals surface area contributed by atoms with Crippen LogP contribution >= 0.6 is 0 Å². The van der Waals surface area contributed by atoms with Crippen molar-refractivity contribution in [1.82, 2.24) is 4.57 Å². The van der Waals surface area contributed by atoms with Gasteiger partial charge in [-0.05, 0) is 31.0 Å². The first kappa shape index (κ1) is 25.5. The van der Waals surface area contributed by atoms with Crippen molar-refractivity contribution in [2.75, 3.05) is 5.73 Å². The number of halogens is 1. The number of nitrogens with two attached hydrogens (primary N) is 1. The van der Waals surface area contributed by atoms with Gasteiger partial charge in [-0.15, -0.1) is 0 Å². The molecule has 0 saturated carbocycles. The summed E-state index contributed by atoms with van der Waals surface area (Å²) in [5.41, 5.74) is 11.7. The average molecular weight is 487 g/mol. The summed E-state index contributed by atoms with van der Waals surface area (Å²) in [7, 11) is 0. The summed E-state index contributed by atoms with van der Waals surface area (Å²) in [6, 6.07) is 17.4. The minimum Gasteiger partial charge on any atom is -1.00 e. The zero-order valence-corrected chi connectivity index (χ0v) is 21.0. The molecule has 4 heteroatoms. The van der Waals surface area contributed by atoms with Crippen molar-refractivity contribution < 1.29 is 21.5 Å². The molecule has 31 heavy (non-hydrogen) atoms. The van der Waals surface area contributed by atoms with E-state index in [0.29, 0.717) is 0 Å². The number of nitrogens with zero attached hydrogens (tertiary/aromatic N) is 2. The lowest BCUT2D eigenvalue weighted by atomic mass is 10.1. The Morgan fingerprint density at radius 3 is 2.00 bits per heavy atom. The first-order chi connectivity index (χ1) is 14.7. The molecular weight excluding hydrogens is 446 g/mol. The van der Waals surface area contributed by atoms with Gasteiger partial charge in [-0.25, -0.2) is 9.13 Å². The number of unbranched alkanes of at least 4 members (excludes halogenated alkanes) is 9. The molecule has 0 unspecified atom stereocenters. The number of imidazole rings is 1. The normalized spacial score (nSPS) is 11.0. The molecule has 0 saturated heterocycles. The Morgan fingerprint density at radius 2 is 1.35 bits per heavy atom. The Balaban J connectivity index is 0.00000341. The summed E-state index contributed by atoms with van der Waals surface area (Å²) >= 11 is 0. The third kappa shape index (κ3) is 7.38. The van der Waals surface area contributed by atoms with Crippen LogP contribution in [0.4, 0.5) is 5.95 Å². The van der Waals surface area contributed by atoms with Gasteiger partial charge in [0.2, 0.25) is 0 Å². The van der Waals surface area contributed by atoms with Gasteiger partial charge >= 0.3 is 5.95 Å². The lowest BCUT2D eigenvalue weighted by Crippen LogP contribution is -3.00. The zero-order valence-electron chi connectivity index (χ0n) is 19.5. The topological polar surface area (TPSA) is 34.8 Å². The highest BCUT2D eigenvalue weighted by atomic mass is 79.9. The predicted molar refractivity (Wildman–Crippen MR) is 129 cm³/mol. The Kier molecular flexibility index (Phi) is 11.1. The van der Waals surface area contributed by atoms with Crippen LogP contribution in [-0.4, -0.2) is 4.57 Å². The fourth-order valence-electron chi connectivity index (χ4n) is 4.35. The highest BCUT2D eigenvalue weighted by Crippen LogP contribution is 2.19. The number of para-hydroxylation sites is 2. The van der Waals surface area contributed by atoms with Crippen LogP contribution in [0.5, 0.6) is 0 Å². The van der Waals surface area contributed by atoms with E-state index in [4.69, 9.17) is 5.73 Å². The molecule has 0 aliphatic rings. The molecule has 3 rings (SSSR count). The monoisotopic (exact) mass is 485 g/mol. The van der Waals surface area contributed by atoms with E-state index in [9.17, 15) is 0 Å². The number of hydrogen-bond donors (Lipinski definition) is 1. The molecule has 2 aromatic carbocycles. The van der Waals surface area contributed by atoms with E-state index in [1.165, 1.54) is 86.4 Å². The highest BCUT2D eigenvalue weighted by Gasteiger charge is 2.20. The lowest BCUT2D eigenvalue weighted by molar-refractivity contribution is -0.648. The molecule has 0 aliphatic carbocycles. The van der Waals surface area contributed by atoms with Gasteiger partial charge < -0.3 is 17.0 Å². The Labute approximate surface area is 199 Å². The van der Waals surface area contributed by atoms with Crippen LogP contribution in [0.15, 0.2) is 48.5 Å². The third-order valence-electron chi connectivity index (χ3n) is 6.21. The highest BCUT2D eigenvalue weighted by molar-refractivity contribution is 5.73. The summed E-state index contributed by atoms with van der Waals surface area (Å²) in [6.45, 7) is 6.23. The van der Waals surface area contributed by atoms with Gasteiger partial charge in [-0.2, -0.15) is 0 Å². The van der Waals surface area contributed by atoms with Crippen molar-refractivity contribution in [2.24, 2.45) is 0 Å². The fraction of sp³-hybridized carbons (Fsp3) is 0.519. The van der Waals surface area contributed by atoms with Crippen LogP contribution in [0, 0.1) is 6.92 Å². The number of rotatable bonds is 13. The van der Waals surface area contributed by atoms with Crippen LogP contribution in [0.2, 0.25) is 0 Å². The summed E-state index contributed by atoms with van der Waals surface area (Å²) < 4.78 is 4.57. The Bertz CT molecular complexity index is 899. The van der Waals surface area contributed by atoms with Gasteiger partial charge in [0.25, 0.3) is 0 Å². The molecule has 1 aromatic heterocycles. The number of aromatic nitrogens is 2. The van der Waals surface area contributed by atoms with E-state index in [-0.39, 0.29) is 17.0 Å². The number of nitrogen functional groups attached to an aromatic ring is 1. The van der Waals surface area contributed by atoms with E-state index < -0.39 is 0 Å². The number of benzene rings is 2. The molecule has 0 atom stereocenters. The molecule has 0 bridgehead atoms. The molecule has 1 heterocycles. The number of anilines is 1. The van der Waals surface area contributed by atoms with Crippen molar-refractivity contribution in [3.8, 4) is 0 Å². The number of fused-ring (bicyclic) bond motifs is 1. The zero-order chi connectivity index (χ0) is 21.2. The van der Waals surface area contributed by atoms with Crippen molar-refractivity contribution in [1.29, 1.82) is 0 Å². The first-order valence-corrected chi connectivity index (χ1v) is 12.0. The van der Waals surface area contributed by atoms with Gasteiger partial charge in [0, 0.05) is 0 Å². The van der Waals surface area contributed by atoms with Gasteiger partial charge in [0.1, 0.15) is 11.0 Å². The number of hydrogen-bond acceptors (Lipinski definition) is 1. The summed E-state index contributed by atoms with van der Waals surface area (Å²) in [6.07, 6.45) is 13.6. The van der Waals surface area contributed by atoms with Crippen molar-refractivity contribution in [3.05, 3.63) is 59.7 Å². The second kappa shape index (κ2) is 13.6. The molecule has 170 valence electrons. The molecule has 0 amide bonds. The van der Waals surface area contributed by atoms with E-state index in [0.717, 1.165) is 19.0 Å². The molecule has 0 fully saturated rings. The Hall–Kier alpha value is -1.81. The summed E-state index contributed by atoms with van der Waals surface area (Å²) in [5.74, 6) is 0.868. The van der Waals surface area contributed by atoms with Crippen molar-refractivity contribution >= 4 is 17.0 Å².